The normalized spacial score (nSPS) is 17.7. The van der Waals surface area contributed by atoms with Crippen molar-refractivity contribution in [2.75, 3.05) is 13.7 Å². The molecular formula is C24H22O6. The number of ketones is 1. The molecule has 3 aromatic carbocycles. The van der Waals surface area contributed by atoms with Gasteiger partial charge in [-0.1, -0.05) is 24.3 Å². The molecule has 154 valence electrons. The van der Waals surface area contributed by atoms with Crippen molar-refractivity contribution in [2.24, 2.45) is 0 Å². The molecule has 1 heterocycles. The van der Waals surface area contributed by atoms with E-state index in [1.165, 1.54) is 14.0 Å². The number of Topliss-reactive ketones (excluding diaryl/α,β-unsaturated/α-hetero) is 1. The molecule has 0 aliphatic carbocycles. The number of fused-ring (bicyclic) bond motifs is 1. The fourth-order valence-corrected chi connectivity index (χ4v) is 4.14. The Hall–Kier alpha value is -3.67. The fourth-order valence-electron chi connectivity index (χ4n) is 4.14. The van der Waals surface area contributed by atoms with Crippen molar-refractivity contribution >= 4 is 5.78 Å². The van der Waals surface area contributed by atoms with Gasteiger partial charge < -0.3 is 24.8 Å². The summed E-state index contributed by atoms with van der Waals surface area (Å²) in [5.41, 5.74) is 2.39. The van der Waals surface area contributed by atoms with Gasteiger partial charge in [-0.25, -0.2) is 0 Å². The molecule has 2 atom stereocenters. The maximum atomic E-state index is 12.2. The number of benzene rings is 3. The number of methoxy groups -OCH3 is 1. The Kier molecular flexibility index (Phi) is 4.99. The minimum atomic E-state index is -0.345. The number of ether oxygens (including phenoxy) is 2. The van der Waals surface area contributed by atoms with Crippen molar-refractivity contribution < 1.29 is 29.6 Å². The highest BCUT2D eigenvalue weighted by atomic mass is 16.5. The van der Waals surface area contributed by atoms with Gasteiger partial charge in [-0.3, -0.25) is 4.79 Å². The Morgan fingerprint density at radius 2 is 1.63 bits per heavy atom. The van der Waals surface area contributed by atoms with Crippen LogP contribution < -0.4 is 9.47 Å². The van der Waals surface area contributed by atoms with E-state index in [1.807, 2.05) is 12.1 Å². The maximum absolute atomic E-state index is 12.2. The van der Waals surface area contributed by atoms with Crippen molar-refractivity contribution in [3.63, 3.8) is 0 Å². The molecule has 4 rings (SSSR count). The van der Waals surface area contributed by atoms with Gasteiger partial charge in [-0.05, 0) is 36.8 Å². The highest BCUT2D eigenvalue weighted by Gasteiger charge is 2.36. The average Bonchev–Trinajstić information content (AvgIpc) is 2.73. The third kappa shape index (κ3) is 3.30. The number of hydrogen-bond acceptors (Lipinski definition) is 6. The van der Waals surface area contributed by atoms with Crippen molar-refractivity contribution in [3.8, 4) is 28.7 Å². The van der Waals surface area contributed by atoms with Crippen LogP contribution in [0.5, 0.6) is 28.7 Å². The summed E-state index contributed by atoms with van der Waals surface area (Å²) in [5.74, 6) is 0.103. The number of carbonyl (C=O) groups is 1. The Morgan fingerprint density at radius 1 is 0.967 bits per heavy atom. The van der Waals surface area contributed by atoms with Crippen molar-refractivity contribution in [1.29, 1.82) is 0 Å². The zero-order chi connectivity index (χ0) is 21.4. The van der Waals surface area contributed by atoms with E-state index in [0.717, 1.165) is 11.1 Å². The highest BCUT2D eigenvalue weighted by molar-refractivity contribution is 6.00. The summed E-state index contributed by atoms with van der Waals surface area (Å²) in [7, 11) is 1.45. The third-order valence-corrected chi connectivity index (χ3v) is 5.55. The monoisotopic (exact) mass is 406 g/mol. The van der Waals surface area contributed by atoms with Gasteiger partial charge in [-0.15, -0.1) is 0 Å². The summed E-state index contributed by atoms with van der Waals surface area (Å²) in [6.07, 6.45) is 0. The first kappa shape index (κ1) is 19.6. The zero-order valence-electron chi connectivity index (χ0n) is 16.6. The van der Waals surface area contributed by atoms with E-state index in [2.05, 4.69) is 0 Å². The Labute approximate surface area is 174 Å². The molecule has 1 aliphatic rings. The molecule has 3 aromatic rings. The molecule has 30 heavy (non-hydrogen) atoms. The molecule has 2 unspecified atom stereocenters. The molecule has 6 nitrogen and oxygen atoms in total. The van der Waals surface area contributed by atoms with Crippen molar-refractivity contribution in [1.82, 2.24) is 0 Å². The molecule has 3 N–H and O–H groups in total. The fraction of sp³-hybridized carbons (Fsp3) is 0.208. The first-order valence-corrected chi connectivity index (χ1v) is 9.56. The molecule has 0 bridgehead atoms. The van der Waals surface area contributed by atoms with Crippen LogP contribution in [-0.4, -0.2) is 34.8 Å². The molecule has 0 fully saturated rings. The van der Waals surface area contributed by atoms with Gasteiger partial charge in [0.15, 0.2) is 5.78 Å². The smallest absolute Gasteiger partial charge is 0.167 e. The second-order valence-corrected chi connectivity index (χ2v) is 7.35. The van der Waals surface area contributed by atoms with E-state index >= 15 is 0 Å². The minimum absolute atomic E-state index is 0.0824. The number of rotatable bonds is 4. The molecule has 0 amide bonds. The SMILES string of the molecule is COc1ccc(C2c3ccc(O)cc3OCC2c2ccc(O)cc2)c(O)c1C(C)=O. The summed E-state index contributed by atoms with van der Waals surface area (Å²) < 4.78 is 11.2. The Balaban J connectivity index is 1.94. The topological polar surface area (TPSA) is 96.2 Å². The van der Waals surface area contributed by atoms with Crippen molar-refractivity contribution in [3.05, 3.63) is 76.9 Å². The van der Waals surface area contributed by atoms with Crippen LogP contribution in [0.25, 0.3) is 0 Å². The lowest BCUT2D eigenvalue weighted by molar-refractivity contribution is 0.101. The van der Waals surface area contributed by atoms with Crippen molar-refractivity contribution in [2.45, 2.75) is 18.8 Å². The highest BCUT2D eigenvalue weighted by Crippen LogP contribution is 2.50. The van der Waals surface area contributed by atoms with Gasteiger partial charge in [0.05, 0.1) is 13.7 Å². The number of phenols is 3. The van der Waals surface area contributed by atoms with Gasteiger partial charge in [-0.2, -0.15) is 0 Å². The van der Waals surface area contributed by atoms with E-state index in [-0.39, 0.29) is 40.4 Å². The van der Waals surface area contributed by atoms with E-state index in [9.17, 15) is 20.1 Å². The predicted octanol–water partition coefficient (Wildman–Crippen LogP) is 4.32. The summed E-state index contributed by atoms with van der Waals surface area (Å²) in [4.78, 5) is 12.2. The summed E-state index contributed by atoms with van der Waals surface area (Å²) in [6.45, 7) is 1.68. The van der Waals surface area contributed by atoms with Crippen LogP contribution in [0.1, 0.15) is 45.8 Å². The number of carbonyl (C=O) groups excluding carboxylic acids is 1. The van der Waals surface area contributed by atoms with Crippen LogP contribution >= 0.6 is 0 Å². The molecule has 0 aromatic heterocycles. The maximum Gasteiger partial charge on any atom is 0.167 e. The summed E-state index contributed by atoms with van der Waals surface area (Å²) in [5, 5.41) is 30.6. The molecule has 0 radical (unpaired) electrons. The van der Waals surface area contributed by atoms with Gasteiger partial charge in [0.25, 0.3) is 0 Å². The van der Waals surface area contributed by atoms with E-state index in [4.69, 9.17) is 9.47 Å². The van der Waals surface area contributed by atoms with E-state index < -0.39 is 0 Å². The third-order valence-electron chi connectivity index (χ3n) is 5.55. The number of phenolic OH excluding ortho intramolecular Hbond substituents is 3. The first-order chi connectivity index (χ1) is 14.4. The van der Waals surface area contributed by atoms with Gasteiger partial charge in [0, 0.05) is 29.0 Å². The summed E-state index contributed by atoms with van der Waals surface area (Å²) >= 11 is 0. The quantitative estimate of drug-likeness (QED) is 0.559. The predicted molar refractivity (Wildman–Crippen MR) is 111 cm³/mol. The van der Waals surface area contributed by atoms with Crippen LogP contribution in [0.4, 0.5) is 0 Å². The number of hydrogen-bond donors (Lipinski definition) is 3. The van der Waals surface area contributed by atoms with Gasteiger partial charge >= 0.3 is 0 Å². The molecule has 0 spiro atoms. The largest absolute Gasteiger partial charge is 0.508 e. The van der Waals surface area contributed by atoms with Crippen LogP contribution in [0, 0.1) is 0 Å². The Morgan fingerprint density at radius 3 is 2.30 bits per heavy atom. The van der Waals surface area contributed by atoms with Crippen LogP contribution in [-0.2, 0) is 0 Å². The second-order valence-electron chi connectivity index (χ2n) is 7.35. The summed E-state index contributed by atoms with van der Waals surface area (Å²) in [6, 6.07) is 15.1. The number of aromatic hydroxyl groups is 3. The first-order valence-electron chi connectivity index (χ1n) is 9.56. The lowest BCUT2D eigenvalue weighted by Gasteiger charge is -2.35. The molecular weight excluding hydrogens is 384 g/mol. The van der Waals surface area contributed by atoms with Crippen LogP contribution in [0.3, 0.4) is 0 Å². The van der Waals surface area contributed by atoms with Gasteiger partial charge in [0.1, 0.15) is 34.3 Å². The van der Waals surface area contributed by atoms with Crippen LogP contribution in [0.15, 0.2) is 54.6 Å². The molecule has 1 aliphatic heterocycles. The average molecular weight is 406 g/mol. The van der Waals surface area contributed by atoms with Crippen LogP contribution in [0.2, 0.25) is 0 Å². The minimum Gasteiger partial charge on any atom is -0.508 e. The van der Waals surface area contributed by atoms with E-state index in [1.54, 1.807) is 42.5 Å². The second kappa shape index (κ2) is 7.63. The molecule has 0 saturated carbocycles. The standard InChI is InChI=1S/C24H22O6/c1-13(25)22-20(29-2)10-9-18(24(22)28)23-17-8-7-16(27)11-21(17)30-12-19(23)14-3-5-15(26)6-4-14/h3-11,19,23,26-28H,12H2,1-2H3. The lowest BCUT2D eigenvalue weighted by atomic mass is 9.75. The van der Waals surface area contributed by atoms with E-state index in [0.29, 0.717) is 23.7 Å². The zero-order valence-corrected chi connectivity index (χ0v) is 16.6. The lowest BCUT2D eigenvalue weighted by Crippen LogP contribution is -2.25. The Bertz CT molecular complexity index is 1100. The van der Waals surface area contributed by atoms with Gasteiger partial charge in [0.2, 0.25) is 0 Å². The molecule has 0 saturated heterocycles. The molecule has 6 heteroatoms.